The molecule has 0 aliphatic carbocycles. The van der Waals surface area contributed by atoms with Crippen molar-refractivity contribution in [3.05, 3.63) is 22.7 Å². The molecule has 2 N–H and O–H groups in total. The number of rotatable bonds is 2. The molecule has 2 rings (SSSR count). The van der Waals surface area contributed by atoms with E-state index < -0.39 is 0 Å². The Labute approximate surface area is 109 Å². The molecule has 1 aromatic carbocycles. The smallest absolute Gasteiger partial charge is 0.243 e. The first-order valence-corrected chi connectivity index (χ1v) is 6.33. The number of benzene rings is 1. The fraction of sp³-hybridized carbons (Fsp3) is 0.417. The molecule has 1 aromatic rings. The van der Waals surface area contributed by atoms with Gasteiger partial charge < -0.3 is 15.4 Å². The molecule has 1 heterocycles. The number of carbonyl (C=O) groups is 1. The summed E-state index contributed by atoms with van der Waals surface area (Å²) in [7, 11) is 1.61. The van der Waals surface area contributed by atoms with Gasteiger partial charge in [0.1, 0.15) is 5.75 Å². The van der Waals surface area contributed by atoms with E-state index in [2.05, 4.69) is 15.9 Å². The van der Waals surface area contributed by atoms with Crippen molar-refractivity contribution in [2.45, 2.75) is 18.9 Å². The summed E-state index contributed by atoms with van der Waals surface area (Å²) < 4.78 is 6.05. The highest BCUT2D eigenvalue weighted by atomic mass is 79.9. The molecule has 1 amide bonds. The molecule has 0 radical (unpaired) electrons. The topological polar surface area (TPSA) is 55.6 Å². The summed E-state index contributed by atoms with van der Waals surface area (Å²) in [5.74, 6) is 0.709. The Morgan fingerprint density at radius 1 is 1.53 bits per heavy atom. The number of carbonyl (C=O) groups excluding carboxylic acids is 1. The van der Waals surface area contributed by atoms with Gasteiger partial charge in [0.25, 0.3) is 0 Å². The third kappa shape index (κ3) is 2.45. The van der Waals surface area contributed by atoms with E-state index in [1.165, 1.54) is 0 Å². The Bertz CT molecular complexity index is 437. The third-order valence-corrected chi connectivity index (χ3v) is 3.59. The molecule has 0 bridgehead atoms. The predicted octanol–water partition coefficient (Wildman–Crippen LogP) is 1.91. The van der Waals surface area contributed by atoms with Crippen molar-refractivity contribution < 1.29 is 9.53 Å². The van der Waals surface area contributed by atoms with Crippen molar-refractivity contribution in [1.82, 2.24) is 0 Å². The molecule has 1 unspecified atom stereocenters. The molecule has 4 nitrogen and oxygen atoms in total. The Balaban J connectivity index is 2.35. The van der Waals surface area contributed by atoms with Gasteiger partial charge in [0, 0.05) is 17.1 Å². The standard InChI is InChI=1S/C12H15BrN2O2/c1-17-8-4-5-9(13)11(7-8)15-6-2-3-10(14)12(15)16/h4-5,7,10H,2-3,6,14H2,1H3. The lowest BCUT2D eigenvalue weighted by Gasteiger charge is -2.31. The van der Waals surface area contributed by atoms with E-state index in [1.807, 2.05) is 18.2 Å². The van der Waals surface area contributed by atoms with Crippen molar-refractivity contribution in [2.75, 3.05) is 18.6 Å². The van der Waals surface area contributed by atoms with Crippen LogP contribution in [0.3, 0.4) is 0 Å². The number of nitrogens with zero attached hydrogens (tertiary/aromatic N) is 1. The first-order valence-electron chi connectivity index (χ1n) is 5.54. The Morgan fingerprint density at radius 3 is 3.00 bits per heavy atom. The van der Waals surface area contributed by atoms with Crippen molar-refractivity contribution in [3.63, 3.8) is 0 Å². The van der Waals surface area contributed by atoms with Gasteiger partial charge in [0.15, 0.2) is 0 Å². The number of hydrogen-bond acceptors (Lipinski definition) is 3. The molecular weight excluding hydrogens is 284 g/mol. The first kappa shape index (κ1) is 12.4. The van der Waals surface area contributed by atoms with E-state index >= 15 is 0 Å². The minimum absolute atomic E-state index is 0.0230. The van der Waals surface area contributed by atoms with Gasteiger partial charge in [-0.05, 0) is 40.9 Å². The fourth-order valence-corrected chi connectivity index (χ4v) is 2.43. The fourth-order valence-electron chi connectivity index (χ4n) is 1.97. The summed E-state index contributed by atoms with van der Waals surface area (Å²) in [6.07, 6.45) is 1.69. The van der Waals surface area contributed by atoms with Gasteiger partial charge in [-0.1, -0.05) is 0 Å². The van der Waals surface area contributed by atoms with Crippen molar-refractivity contribution in [3.8, 4) is 5.75 Å². The van der Waals surface area contributed by atoms with Gasteiger partial charge >= 0.3 is 0 Å². The van der Waals surface area contributed by atoms with Crippen molar-refractivity contribution >= 4 is 27.5 Å². The molecule has 0 spiro atoms. The van der Waals surface area contributed by atoms with E-state index in [0.29, 0.717) is 6.54 Å². The average Bonchev–Trinajstić information content (AvgIpc) is 2.34. The van der Waals surface area contributed by atoms with Gasteiger partial charge in [-0.2, -0.15) is 0 Å². The molecule has 1 fully saturated rings. The molecule has 1 saturated heterocycles. The average molecular weight is 299 g/mol. The van der Waals surface area contributed by atoms with Crippen LogP contribution in [-0.2, 0) is 4.79 Å². The van der Waals surface area contributed by atoms with Gasteiger partial charge in [0.05, 0.1) is 18.8 Å². The molecule has 1 aliphatic heterocycles. The summed E-state index contributed by atoms with van der Waals surface area (Å²) in [4.78, 5) is 13.7. The lowest BCUT2D eigenvalue weighted by atomic mass is 10.0. The largest absolute Gasteiger partial charge is 0.497 e. The van der Waals surface area contributed by atoms with Crippen LogP contribution in [-0.4, -0.2) is 25.6 Å². The number of hydrogen-bond donors (Lipinski definition) is 1. The van der Waals surface area contributed by atoms with Crippen LogP contribution in [0.4, 0.5) is 5.69 Å². The number of methoxy groups -OCH3 is 1. The van der Waals surface area contributed by atoms with Crippen molar-refractivity contribution in [1.29, 1.82) is 0 Å². The monoisotopic (exact) mass is 298 g/mol. The summed E-state index contributed by atoms with van der Waals surface area (Å²) in [5.41, 5.74) is 6.61. The van der Waals surface area contributed by atoms with Crippen LogP contribution in [0, 0.1) is 0 Å². The number of amides is 1. The van der Waals surface area contributed by atoms with E-state index in [-0.39, 0.29) is 11.9 Å². The SMILES string of the molecule is COc1ccc(Br)c(N2CCCC(N)C2=O)c1. The van der Waals surface area contributed by atoms with E-state index in [9.17, 15) is 4.79 Å². The van der Waals surface area contributed by atoms with E-state index in [1.54, 1.807) is 12.0 Å². The summed E-state index contributed by atoms with van der Waals surface area (Å²) in [6, 6.07) is 5.19. The molecule has 0 saturated carbocycles. The Hall–Kier alpha value is -1.07. The van der Waals surface area contributed by atoms with Crippen LogP contribution >= 0.6 is 15.9 Å². The maximum absolute atomic E-state index is 12.0. The molecule has 1 atom stereocenters. The number of anilines is 1. The molecular formula is C12H15BrN2O2. The molecule has 0 aromatic heterocycles. The van der Waals surface area contributed by atoms with Gasteiger partial charge in [-0.3, -0.25) is 4.79 Å². The minimum atomic E-state index is -0.387. The molecule has 17 heavy (non-hydrogen) atoms. The van der Waals surface area contributed by atoms with Crippen LogP contribution in [0.15, 0.2) is 22.7 Å². The van der Waals surface area contributed by atoms with Crippen LogP contribution < -0.4 is 15.4 Å². The number of halogens is 1. The van der Waals surface area contributed by atoms with Crippen molar-refractivity contribution in [2.24, 2.45) is 5.73 Å². The zero-order valence-corrected chi connectivity index (χ0v) is 11.2. The molecule has 92 valence electrons. The molecule has 5 heteroatoms. The van der Waals surface area contributed by atoms with Crippen LogP contribution in [0.25, 0.3) is 0 Å². The van der Waals surface area contributed by atoms with Crippen LogP contribution in [0.5, 0.6) is 5.75 Å². The number of piperidine rings is 1. The summed E-state index contributed by atoms with van der Waals surface area (Å²) in [5, 5.41) is 0. The van der Waals surface area contributed by atoms with Gasteiger partial charge in [-0.25, -0.2) is 0 Å². The van der Waals surface area contributed by atoms with Gasteiger partial charge in [0.2, 0.25) is 5.91 Å². The quantitative estimate of drug-likeness (QED) is 0.907. The summed E-state index contributed by atoms with van der Waals surface area (Å²) in [6.45, 7) is 0.707. The highest BCUT2D eigenvalue weighted by Gasteiger charge is 2.28. The lowest BCUT2D eigenvalue weighted by Crippen LogP contribution is -2.48. The van der Waals surface area contributed by atoms with Gasteiger partial charge in [-0.15, -0.1) is 0 Å². The third-order valence-electron chi connectivity index (χ3n) is 2.92. The van der Waals surface area contributed by atoms with E-state index in [0.717, 1.165) is 28.8 Å². The maximum Gasteiger partial charge on any atom is 0.243 e. The lowest BCUT2D eigenvalue weighted by molar-refractivity contribution is -0.120. The molecule has 1 aliphatic rings. The van der Waals surface area contributed by atoms with E-state index in [4.69, 9.17) is 10.5 Å². The number of nitrogens with two attached hydrogens (primary N) is 1. The zero-order chi connectivity index (χ0) is 12.4. The normalized spacial score (nSPS) is 20.5. The second kappa shape index (κ2) is 5.06. The predicted molar refractivity (Wildman–Crippen MR) is 70.3 cm³/mol. The second-order valence-corrected chi connectivity index (χ2v) is 4.91. The Kier molecular flexibility index (Phi) is 3.69. The highest BCUT2D eigenvalue weighted by molar-refractivity contribution is 9.10. The van der Waals surface area contributed by atoms with Crippen LogP contribution in [0.1, 0.15) is 12.8 Å². The summed E-state index contributed by atoms with van der Waals surface area (Å²) >= 11 is 3.45. The van der Waals surface area contributed by atoms with Crippen LogP contribution in [0.2, 0.25) is 0 Å². The number of ether oxygens (including phenoxy) is 1. The Morgan fingerprint density at radius 2 is 2.29 bits per heavy atom. The second-order valence-electron chi connectivity index (χ2n) is 4.06. The highest BCUT2D eigenvalue weighted by Crippen LogP contribution is 2.32. The maximum atomic E-state index is 12.0. The first-order chi connectivity index (χ1) is 8.13. The zero-order valence-electron chi connectivity index (χ0n) is 9.65. The minimum Gasteiger partial charge on any atom is -0.497 e.